The smallest absolute Gasteiger partial charge is 0.228 e. The molecule has 4 rings (SSSR count). The average molecular weight is 430 g/mol. The van der Waals surface area contributed by atoms with E-state index in [1.165, 1.54) is 0 Å². The highest BCUT2D eigenvalue weighted by Crippen LogP contribution is 2.31. The molecule has 3 amide bonds. The molecule has 0 spiro atoms. The van der Waals surface area contributed by atoms with Gasteiger partial charge in [-0.2, -0.15) is 0 Å². The number of benzene rings is 1. The fourth-order valence-electron chi connectivity index (χ4n) is 4.45. The predicted octanol–water partition coefficient (Wildman–Crippen LogP) is 1.18. The molecule has 0 radical (unpaired) electrons. The van der Waals surface area contributed by atoms with Crippen LogP contribution < -0.4 is 9.47 Å². The molecular formula is C23H31N3O5. The van der Waals surface area contributed by atoms with Gasteiger partial charge in [0.05, 0.1) is 20.1 Å². The molecule has 2 saturated heterocycles. The van der Waals surface area contributed by atoms with Crippen molar-refractivity contribution in [3.05, 3.63) is 23.8 Å². The normalized spacial score (nSPS) is 21.4. The quantitative estimate of drug-likeness (QED) is 0.650. The molecule has 8 heteroatoms. The number of hydrogen-bond acceptors (Lipinski definition) is 5. The van der Waals surface area contributed by atoms with Crippen LogP contribution in [-0.4, -0.2) is 85.9 Å². The summed E-state index contributed by atoms with van der Waals surface area (Å²) >= 11 is 0. The van der Waals surface area contributed by atoms with Gasteiger partial charge in [0.1, 0.15) is 0 Å². The molecule has 0 aromatic heterocycles. The summed E-state index contributed by atoms with van der Waals surface area (Å²) in [5.41, 5.74) is 1.05. The Morgan fingerprint density at radius 3 is 2.13 bits per heavy atom. The maximum Gasteiger partial charge on any atom is 0.228 e. The Labute approximate surface area is 183 Å². The maximum absolute atomic E-state index is 13.0. The summed E-state index contributed by atoms with van der Waals surface area (Å²) in [6.07, 6.45) is 2.96. The lowest BCUT2D eigenvalue weighted by Crippen LogP contribution is -2.52. The van der Waals surface area contributed by atoms with E-state index in [-0.39, 0.29) is 36.0 Å². The van der Waals surface area contributed by atoms with E-state index in [4.69, 9.17) is 9.47 Å². The summed E-state index contributed by atoms with van der Waals surface area (Å²) in [4.78, 5) is 43.1. The third kappa shape index (κ3) is 4.78. The Morgan fingerprint density at radius 1 is 0.935 bits per heavy atom. The van der Waals surface area contributed by atoms with Gasteiger partial charge in [-0.3, -0.25) is 14.4 Å². The first-order valence-electron chi connectivity index (χ1n) is 11.1. The van der Waals surface area contributed by atoms with Crippen molar-refractivity contribution in [3.8, 4) is 11.5 Å². The van der Waals surface area contributed by atoms with Crippen LogP contribution >= 0.6 is 0 Å². The van der Waals surface area contributed by atoms with Crippen LogP contribution in [-0.2, 0) is 20.8 Å². The second-order valence-electron chi connectivity index (χ2n) is 8.60. The van der Waals surface area contributed by atoms with Gasteiger partial charge >= 0.3 is 0 Å². The van der Waals surface area contributed by atoms with Crippen LogP contribution in [0, 0.1) is 11.8 Å². The Bertz CT molecular complexity index is 846. The van der Waals surface area contributed by atoms with Gasteiger partial charge < -0.3 is 24.2 Å². The van der Waals surface area contributed by atoms with Crippen molar-refractivity contribution in [2.45, 2.75) is 25.7 Å². The van der Waals surface area contributed by atoms with E-state index >= 15 is 0 Å². The molecule has 1 aromatic carbocycles. The third-order valence-electron chi connectivity index (χ3n) is 6.51. The minimum absolute atomic E-state index is 0.0290. The number of likely N-dealkylation sites (tertiary alicyclic amines) is 1. The van der Waals surface area contributed by atoms with Crippen LogP contribution in [0.4, 0.5) is 0 Å². The fourth-order valence-corrected chi connectivity index (χ4v) is 4.45. The van der Waals surface area contributed by atoms with Gasteiger partial charge in [0.2, 0.25) is 17.7 Å². The monoisotopic (exact) mass is 429 g/mol. The number of methoxy groups -OCH3 is 2. The summed E-state index contributed by atoms with van der Waals surface area (Å²) < 4.78 is 10.6. The van der Waals surface area contributed by atoms with Crippen LogP contribution in [0.25, 0.3) is 0 Å². The lowest BCUT2D eigenvalue weighted by molar-refractivity contribution is -0.142. The number of carbonyl (C=O) groups excluding carboxylic acids is 3. The first-order valence-corrected chi connectivity index (χ1v) is 11.1. The summed E-state index contributed by atoms with van der Waals surface area (Å²) in [6.45, 7) is 3.37. The highest BCUT2D eigenvalue weighted by atomic mass is 16.5. The largest absolute Gasteiger partial charge is 0.493 e. The lowest BCUT2D eigenvalue weighted by Gasteiger charge is -2.36. The standard InChI is InChI=1S/C23H31N3O5/c1-30-19-6-3-16(13-20(19)31-2)7-8-26-15-18(14-21(26)27)23(29)25-11-9-24(10-12-25)22(28)17-4-5-17/h3,6,13,17-18H,4-5,7-12,14-15H2,1-2H3. The van der Waals surface area contributed by atoms with E-state index in [0.29, 0.717) is 57.2 Å². The Hall–Kier alpha value is -2.77. The number of piperazine rings is 1. The third-order valence-corrected chi connectivity index (χ3v) is 6.51. The Morgan fingerprint density at radius 2 is 1.55 bits per heavy atom. The zero-order valence-corrected chi connectivity index (χ0v) is 18.3. The topological polar surface area (TPSA) is 79.4 Å². The van der Waals surface area contributed by atoms with Crippen molar-refractivity contribution in [1.82, 2.24) is 14.7 Å². The van der Waals surface area contributed by atoms with Crippen LogP contribution in [0.5, 0.6) is 11.5 Å². The van der Waals surface area contributed by atoms with Crippen molar-refractivity contribution >= 4 is 17.7 Å². The molecule has 1 aliphatic carbocycles. The molecule has 8 nitrogen and oxygen atoms in total. The van der Waals surface area contributed by atoms with Crippen LogP contribution in [0.15, 0.2) is 18.2 Å². The van der Waals surface area contributed by atoms with Crippen LogP contribution in [0.1, 0.15) is 24.8 Å². The SMILES string of the molecule is COc1ccc(CCN2CC(C(=O)N3CCN(C(=O)C4CC4)CC3)CC2=O)cc1OC. The zero-order chi connectivity index (χ0) is 22.0. The Kier molecular flexibility index (Phi) is 6.34. The van der Waals surface area contributed by atoms with E-state index in [9.17, 15) is 14.4 Å². The van der Waals surface area contributed by atoms with Gasteiger partial charge in [0.25, 0.3) is 0 Å². The highest BCUT2D eigenvalue weighted by molar-refractivity contribution is 5.89. The maximum atomic E-state index is 13.0. The molecule has 168 valence electrons. The minimum Gasteiger partial charge on any atom is -0.493 e. The first-order chi connectivity index (χ1) is 15.0. The molecule has 0 N–H and O–H groups in total. The van der Waals surface area contributed by atoms with E-state index in [0.717, 1.165) is 18.4 Å². The molecule has 1 saturated carbocycles. The molecule has 0 bridgehead atoms. The average Bonchev–Trinajstić information content (AvgIpc) is 3.59. The molecule has 1 unspecified atom stereocenters. The number of rotatable bonds is 7. The minimum atomic E-state index is -0.288. The van der Waals surface area contributed by atoms with E-state index < -0.39 is 0 Å². The summed E-state index contributed by atoms with van der Waals surface area (Å²) in [5.74, 6) is 1.58. The zero-order valence-electron chi connectivity index (χ0n) is 18.3. The molecule has 2 heterocycles. The van der Waals surface area contributed by atoms with Crippen LogP contribution in [0.3, 0.4) is 0 Å². The molecular weight excluding hydrogens is 398 g/mol. The molecule has 1 aromatic rings. The predicted molar refractivity (Wildman–Crippen MR) is 114 cm³/mol. The van der Waals surface area contributed by atoms with Gasteiger partial charge in [0, 0.05) is 51.6 Å². The first kappa shape index (κ1) is 21.5. The molecule has 31 heavy (non-hydrogen) atoms. The number of carbonyl (C=O) groups is 3. The van der Waals surface area contributed by atoms with Crippen molar-refractivity contribution in [1.29, 1.82) is 0 Å². The Balaban J connectivity index is 1.27. The highest BCUT2D eigenvalue weighted by Gasteiger charge is 2.39. The second-order valence-corrected chi connectivity index (χ2v) is 8.60. The molecule has 1 atom stereocenters. The molecule has 3 fully saturated rings. The van der Waals surface area contributed by atoms with Gasteiger partial charge in [-0.15, -0.1) is 0 Å². The number of ether oxygens (including phenoxy) is 2. The van der Waals surface area contributed by atoms with Crippen molar-refractivity contribution in [2.24, 2.45) is 11.8 Å². The van der Waals surface area contributed by atoms with Crippen molar-refractivity contribution in [3.63, 3.8) is 0 Å². The lowest BCUT2D eigenvalue weighted by atomic mass is 10.1. The number of nitrogens with zero attached hydrogens (tertiary/aromatic N) is 3. The van der Waals surface area contributed by atoms with Crippen molar-refractivity contribution in [2.75, 3.05) is 53.5 Å². The van der Waals surface area contributed by atoms with E-state index in [1.54, 1.807) is 19.1 Å². The van der Waals surface area contributed by atoms with Gasteiger partial charge in [-0.1, -0.05) is 6.07 Å². The summed E-state index contributed by atoms with van der Waals surface area (Å²) in [6, 6.07) is 5.75. The summed E-state index contributed by atoms with van der Waals surface area (Å²) in [5, 5.41) is 0. The van der Waals surface area contributed by atoms with E-state index in [2.05, 4.69) is 0 Å². The second kappa shape index (κ2) is 9.16. The molecule has 3 aliphatic rings. The summed E-state index contributed by atoms with van der Waals surface area (Å²) in [7, 11) is 3.20. The van der Waals surface area contributed by atoms with Gasteiger partial charge in [-0.05, 0) is 37.0 Å². The number of amides is 3. The van der Waals surface area contributed by atoms with Gasteiger partial charge in [0.15, 0.2) is 11.5 Å². The van der Waals surface area contributed by atoms with Crippen molar-refractivity contribution < 1.29 is 23.9 Å². The fraction of sp³-hybridized carbons (Fsp3) is 0.609. The molecule has 2 aliphatic heterocycles. The number of hydrogen-bond donors (Lipinski definition) is 0. The van der Waals surface area contributed by atoms with E-state index in [1.807, 2.05) is 28.0 Å². The van der Waals surface area contributed by atoms with Gasteiger partial charge in [-0.25, -0.2) is 0 Å². The van der Waals surface area contributed by atoms with Crippen LogP contribution in [0.2, 0.25) is 0 Å².